The highest BCUT2D eigenvalue weighted by atomic mass is 32.2. The van der Waals surface area contributed by atoms with E-state index in [1.165, 1.54) is 0 Å². The van der Waals surface area contributed by atoms with Crippen molar-refractivity contribution in [3.8, 4) is 0 Å². The molecule has 0 aromatic heterocycles. The summed E-state index contributed by atoms with van der Waals surface area (Å²) in [6.07, 6.45) is 1.43. The molecule has 1 N–H and O–H groups in total. The number of rotatable bonds is 3. The molecule has 66 valence electrons. The zero-order valence-electron chi connectivity index (χ0n) is 5.63. The zero-order chi connectivity index (χ0) is 9.12. The van der Waals surface area contributed by atoms with Gasteiger partial charge in [0.15, 0.2) is 0 Å². The van der Waals surface area contributed by atoms with Crippen LogP contribution in [0.15, 0.2) is 4.40 Å². The summed E-state index contributed by atoms with van der Waals surface area (Å²) in [6, 6.07) is 0. The Bertz CT molecular complexity index is 336. The molecule has 0 unspecified atom stereocenters. The van der Waals surface area contributed by atoms with Crippen LogP contribution in [0.1, 0.15) is 0 Å². The quantitative estimate of drug-likeness (QED) is 0.461. The Hall–Kier alpha value is -0.470. The van der Waals surface area contributed by atoms with E-state index in [0.29, 0.717) is 6.21 Å². The van der Waals surface area contributed by atoms with Gasteiger partial charge in [0.2, 0.25) is 10.0 Å². The zero-order valence-corrected chi connectivity index (χ0v) is 7.26. The second-order valence-corrected chi connectivity index (χ2v) is 4.94. The Morgan fingerprint density at radius 1 is 1.36 bits per heavy atom. The number of sulfonamides is 1. The van der Waals surface area contributed by atoms with E-state index in [-0.39, 0.29) is 0 Å². The molecule has 0 atom stereocenters. The molecule has 6 nitrogen and oxygen atoms in total. The first-order valence-corrected chi connectivity index (χ1v) is 5.85. The van der Waals surface area contributed by atoms with Gasteiger partial charge in [-0.1, -0.05) is 0 Å². The van der Waals surface area contributed by atoms with Crippen LogP contribution < -0.4 is 0 Å². The standard InChI is InChI=1S/C3H7NO5S2/c1-10(5,6)4-2-3-11(7,8)9/h2H,3H2,1H3,(H,7,8,9)/b4-2-. The minimum atomic E-state index is -4.16. The summed E-state index contributed by atoms with van der Waals surface area (Å²) in [4.78, 5) is 0. The highest BCUT2D eigenvalue weighted by molar-refractivity contribution is 7.89. The van der Waals surface area contributed by atoms with Gasteiger partial charge >= 0.3 is 0 Å². The molecule has 0 amide bonds. The third-order valence-electron chi connectivity index (χ3n) is 0.551. The van der Waals surface area contributed by atoms with Crippen LogP contribution in [0, 0.1) is 0 Å². The molecule has 0 radical (unpaired) electrons. The van der Waals surface area contributed by atoms with E-state index in [0.717, 1.165) is 6.26 Å². The second kappa shape index (κ2) is 3.28. The van der Waals surface area contributed by atoms with Crippen molar-refractivity contribution in [3.63, 3.8) is 0 Å². The van der Waals surface area contributed by atoms with Crippen molar-refractivity contribution in [1.29, 1.82) is 0 Å². The van der Waals surface area contributed by atoms with E-state index in [1.54, 1.807) is 0 Å². The fourth-order valence-electron chi connectivity index (χ4n) is 0.260. The van der Waals surface area contributed by atoms with E-state index in [4.69, 9.17) is 4.55 Å². The van der Waals surface area contributed by atoms with Crippen LogP contribution in [0.3, 0.4) is 0 Å². The molecule has 0 saturated carbocycles. The molecule has 0 heterocycles. The van der Waals surface area contributed by atoms with Crippen LogP contribution in [0.5, 0.6) is 0 Å². The van der Waals surface area contributed by atoms with Gasteiger partial charge in [0.05, 0.1) is 6.26 Å². The minimum Gasteiger partial charge on any atom is -0.285 e. The minimum absolute atomic E-state index is 0.616. The van der Waals surface area contributed by atoms with Crippen LogP contribution in [0.2, 0.25) is 0 Å². The van der Waals surface area contributed by atoms with Crippen molar-refractivity contribution in [1.82, 2.24) is 0 Å². The van der Waals surface area contributed by atoms with E-state index < -0.39 is 25.9 Å². The fourth-order valence-corrected chi connectivity index (χ4v) is 0.963. The van der Waals surface area contributed by atoms with Crippen LogP contribution in [-0.2, 0) is 20.1 Å². The molecule has 0 fully saturated rings. The topological polar surface area (TPSA) is 101 Å². The predicted octanol–water partition coefficient (Wildman–Crippen LogP) is -1.10. The monoisotopic (exact) mass is 201 g/mol. The maximum absolute atomic E-state index is 10.2. The smallest absolute Gasteiger partial charge is 0.270 e. The van der Waals surface area contributed by atoms with Gasteiger partial charge in [0.1, 0.15) is 5.75 Å². The molecule has 11 heavy (non-hydrogen) atoms. The van der Waals surface area contributed by atoms with Gasteiger partial charge in [0.25, 0.3) is 10.1 Å². The molecule has 0 rings (SSSR count). The first-order chi connectivity index (χ1) is 4.71. The van der Waals surface area contributed by atoms with Gasteiger partial charge in [-0.05, 0) is 0 Å². The third kappa shape index (κ3) is 9.53. The van der Waals surface area contributed by atoms with Gasteiger partial charge in [-0.3, -0.25) is 4.55 Å². The van der Waals surface area contributed by atoms with E-state index in [9.17, 15) is 16.8 Å². The van der Waals surface area contributed by atoms with Gasteiger partial charge in [-0.15, -0.1) is 0 Å². The van der Waals surface area contributed by atoms with Crippen LogP contribution in [-0.4, -0.2) is 39.6 Å². The molecule has 0 spiro atoms. The molecule has 0 aliphatic heterocycles. The SMILES string of the molecule is CS(=O)(=O)/N=C\CS(=O)(=O)O. The Morgan fingerprint density at radius 2 is 1.82 bits per heavy atom. The maximum Gasteiger partial charge on any atom is 0.270 e. The molecule has 0 aromatic carbocycles. The Kier molecular flexibility index (Phi) is 3.14. The normalized spacial score (nSPS) is 14.0. The molecule has 0 aliphatic carbocycles. The van der Waals surface area contributed by atoms with Crippen LogP contribution in [0.25, 0.3) is 0 Å². The lowest BCUT2D eigenvalue weighted by Gasteiger charge is -1.86. The number of hydrogen-bond donors (Lipinski definition) is 1. The third-order valence-corrected chi connectivity index (χ3v) is 1.65. The number of hydrogen-bond acceptors (Lipinski definition) is 4. The average molecular weight is 201 g/mol. The number of nitrogens with zero attached hydrogens (tertiary/aromatic N) is 1. The summed E-state index contributed by atoms with van der Waals surface area (Å²) in [5.74, 6) is -0.792. The highest BCUT2D eigenvalue weighted by Gasteiger charge is 2.01. The maximum atomic E-state index is 10.2. The van der Waals surface area contributed by atoms with Crippen LogP contribution in [0.4, 0.5) is 0 Å². The van der Waals surface area contributed by atoms with Gasteiger partial charge in [0, 0.05) is 6.21 Å². The van der Waals surface area contributed by atoms with Crippen molar-refractivity contribution in [2.75, 3.05) is 12.0 Å². The molecule has 0 bridgehead atoms. The molecule has 0 aromatic rings. The summed E-state index contributed by atoms with van der Waals surface area (Å²) in [5.41, 5.74) is 0. The molecule has 0 saturated heterocycles. The first kappa shape index (κ1) is 10.5. The van der Waals surface area contributed by atoms with Crippen molar-refractivity contribution in [2.45, 2.75) is 0 Å². The van der Waals surface area contributed by atoms with Crippen molar-refractivity contribution in [3.05, 3.63) is 0 Å². The molecular weight excluding hydrogens is 194 g/mol. The summed E-state index contributed by atoms with van der Waals surface area (Å²) in [7, 11) is -7.71. The lowest BCUT2D eigenvalue weighted by atomic mass is 10.9. The summed E-state index contributed by atoms with van der Waals surface area (Å²) < 4.78 is 51.4. The van der Waals surface area contributed by atoms with Crippen molar-refractivity contribution in [2.24, 2.45) is 4.40 Å². The summed E-state index contributed by atoms with van der Waals surface area (Å²) >= 11 is 0. The predicted molar refractivity (Wildman–Crippen MR) is 39.8 cm³/mol. The molecule has 8 heteroatoms. The van der Waals surface area contributed by atoms with Gasteiger partial charge in [-0.25, -0.2) is 8.42 Å². The van der Waals surface area contributed by atoms with E-state index >= 15 is 0 Å². The van der Waals surface area contributed by atoms with Gasteiger partial charge in [-0.2, -0.15) is 12.8 Å². The largest absolute Gasteiger partial charge is 0.285 e. The fraction of sp³-hybridized carbons (Fsp3) is 0.667. The Balaban J connectivity index is 4.23. The molecular formula is C3H7NO5S2. The molecule has 0 aliphatic rings. The van der Waals surface area contributed by atoms with Gasteiger partial charge < -0.3 is 0 Å². The highest BCUT2D eigenvalue weighted by Crippen LogP contribution is 1.83. The van der Waals surface area contributed by atoms with Crippen LogP contribution >= 0.6 is 0 Å². The first-order valence-electron chi connectivity index (χ1n) is 2.40. The lowest BCUT2D eigenvalue weighted by Crippen LogP contribution is -2.05. The summed E-state index contributed by atoms with van der Waals surface area (Å²) in [5, 5.41) is 0. The Morgan fingerprint density at radius 3 is 2.09 bits per heavy atom. The second-order valence-electron chi connectivity index (χ2n) is 1.77. The summed E-state index contributed by atoms with van der Waals surface area (Å²) in [6.45, 7) is 0. The Labute approximate surface area is 64.8 Å². The van der Waals surface area contributed by atoms with Crippen molar-refractivity contribution < 1.29 is 21.4 Å². The van der Waals surface area contributed by atoms with E-state index in [1.807, 2.05) is 0 Å². The lowest BCUT2D eigenvalue weighted by molar-refractivity contribution is 0.488. The average Bonchev–Trinajstić information content (AvgIpc) is 1.55. The van der Waals surface area contributed by atoms with Crippen molar-refractivity contribution >= 4 is 26.4 Å². The van der Waals surface area contributed by atoms with E-state index in [2.05, 4.69) is 4.40 Å².